The number of nitrogens with zero attached hydrogens (tertiary/aromatic N) is 2. The first-order valence-electron chi connectivity index (χ1n) is 25.8. The molecule has 12 aromatic carbocycles. The first-order valence-corrected chi connectivity index (χ1v) is 25.8. The van der Waals surface area contributed by atoms with Crippen LogP contribution in [0.3, 0.4) is 0 Å². The number of hydrogen-bond acceptors (Lipinski definition) is 2. The van der Waals surface area contributed by atoms with Crippen molar-refractivity contribution in [2.75, 3.05) is 9.80 Å². The second-order valence-corrected chi connectivity index (χ2v) is 19.9. The van der Waals surface area contributed by atoms with Crippen molar-refractivity contribution in [2.24, 2.45) is 0 Å². The van der Waals surface area contributed by atoms with Gasteiger partial charge < -0.3 is 9.80 Å². The highest BCUT2D eigenvalue weighted by Gasteiger charge is 2.53. The van der Waals surface area contributed by atoms with Crippen LogP contribution in [0.4, 0.5) is 34.1 Å². The monoisotopic (exact) mass is 940 g/mol. The Balaban J connectivity index is 0.967. The minimum absolute atomic E-state index is 0.478. The van der Waals surface area contributed by atoms with Gasteiger partial charge in [-0.3, -0.25) is 0 Å². The summed E-state index contributed by atoms with van der Waals surface area (Å²) in [6.45, 7) is 0. The predicted octanol–water partition coefficient (Wildman–Crippen LogP) is 18.5. The number of anilines is 6. The van der Waals surface area contributed by atoms with Crippen LogP contribution < -0.4 is 9.80 Å². The van der Waals surface area contributed by atoms with E-state index in [0.717, 1.165) is 28.4 Å². The largest absolute Gasteiger partial charge is 0.310 e. The zero-order valence-electron chi connectivity index (χ0n) is 40.6. The lowest BCUT2D eigenvalue weighted by molar-refractivity contribution is 0.768. The Kier molecular flexibility index (Phi) is 9.43. The Morgan fingerprint density at radius 2 is 0.608 bits per heavy atom. The van der Waals surface area contributed by atoms with E-state index in [1.807, 2.05) is 0 Å². The average molecular weight is 941 g/mol. The third kappa shape index (κ3) is 5.88. The Morgan fingerprint density at radius 1 is 0.230 bits per heavy atom. The molecule has 0 saturated carbocycles. The van der Waals surface area contributed by atoms with Crippen LogP contribution in [0.5, 0.6) is 0 Å². The van der Waals surface area contributed by atoms with Crippen molar-refractivity contribution in [2.45, 2.75) is 10.8 Å². The molecule has 74 heavy (non-hydrogen) atoms. The van der Waals surface area contributed by atoms with Gasteiger partial charge >= 0.3 is 0 Å². The molecule has 0 bridgehead atoms. The topological polar surface area (TPSA) is 6.48 Å². The molecule has 0 fully saturated rings. The molecule has 0 amide bonds. The zero-order chi connectivity index (χ0) is 48.8. The van der Waals surface area contributed by atoms with Crippen LogP contribution in [0.15, 0.2) is 291 Å². The summed E-state index contributed by atoms with van der Waals surface area (Å²) in [4.78, 5) is 4.94. The first-order chi connectivity index (χ1) is 36.7. The van der Waals surface area contributed by atoms with Gasteiger partial charge in [0.1, 0.15) is 0 Å². The minimum atomic E-state index is -0.582. The third-order valence-electron chi connectivity index (χ3n) is 16.3. The Labute approximate surface area is 432 Å². The second kappa shape index (κ2) is 16.5. The normalized spacial score (nSPS) is 14.9. The lowest BCUT2D eigenvalue weighted by Gasteiger charge is -2.34. The molecule has 1 atom stereocenters. The number of para-hydroxylation sites is 3. The number of rotatable bonds is 8. The number of fused-ring (bicyclic) bond motifs is 14. The van der Waals surface area contributed by atoms with Crippen LogP contribution in [0.25, 0.3) is 44.2 Å². The minimum Gasteiger partial charge on any atom is -0.310 e. The summed E-state index contributed by atoms with van der Waals surface area (Å²) in [5.41, 5.74) is 23.6. The van der Waals surface area contributed by atoms with Gasteiger partial charge in [-0.25, -0.2) is 0 Å². The van der Waals surface area contributed by atoms with Gasteiger partial charge in [0.05, 0.1) is 16.5 Å². The molecule has 3 aliphatic carbocycles. The van der Waals surface area contributed by atoms with Gasteiger partial charge in [-0.15, -0.1) is 0 Å². The van der Waals surface area contributed by atoms with Crippen molar-refractivity contribution in [1.29, 1.82) is 0 Å². The van der Waals surface area contributed by atoms with E-state index >= 15 is 0 Å². The summed E-state index contributed by atoms with van der Waals surface area (Å²) < 4.78 is 0. The van der Waals surface area contributed by atoms with Crippen LogP contribution >= 0.6 is 0 Å². The fourth-order valence-electron chi connectivity index (χ4n) is 13.5. The summed E-state index contributed by atoms with van der Waals surface area (Å²) in [5, 5.41) is 2.43. The molecule has 2 heteroatoms. The van der Waals surface area contributed by atoms with Gasteiger partial charge in [-0.05, 0) is 144 Å². The standard InChI is InChI=1S/C72H48N2/c1-6-25-50(26-7-1)71(51-27-8-2-9-28-51)63-39-21-18-36-58(63)61-47-55(42-44-66(61)71)73(52-29-10-3-11-30-52)56-43-45-67-62(48-56)59-37-19-22-40-64(59)72(67)65-41-23-20-38-60(65)69-68(72)46-49-24-16-17-35-57(49)70(69)74(53-31-12-4-13-32-53)54-33-14-5-15-34-54/h1-48H. The van der Waals surface area contributed by atoms with Gasteiger partial charge in [0.25, 0.3) is 0 Å². The van der Waals surface area contributed by atoms with Crippen LogP contribution in [-0.4, -0.2) is 0 Å². The molecule has 0 aromatic heterocycles. The molecule has 0 aliphatic heterocycles. The molecule has 12 aromatic rings. The van der Waals surface area contributed by atoms with E-state index in [-0.39, 0.29) is 0 Å². The van der Waals surface area contributed by atoms with Crippen molar-refractivity contribution >= 4 is 44.9 Å². The zero-order valence-corrected chi connectivity index (χ0v) is 40.6. The Hall–Kier alpha value is -9.50. The SMILES string of the molecule is c1ccc(N(c2ccc3c(c2)-c2ccccc2C3(c2ccccc2)c2ccccc2)c2ccc3c(c2)-c2ccccc2C32c3ccccc3-c3c2cc2ccccc2c3N(c2ccccc2)c2ccccc2)cc1. The van der Waals surface area contributed by atoms with Crippen molar-refractivity contribution in [3.63, 3.8) is 0 Å². The van der Waals surface area contributed by atoms with E-state index in [4.69, 9.17) is 0 Å². The highest BCUT2D eigenvalue weighted by Crippen LogP contribution is 2.66. The summed E-state index contributed by atoms with van der Waals surface area (Å²) in [6.07, 6.45) is 0. The van der Waals surface area contributed by atoms with Gasteiger partial charge in [0, 0.05) is 39.4 Å². The fourth-order valence-corrected chi connectivity index (χ4v) is 13.5. The van der Waals surface area contributed by atoms with Crippen LogP contribution in [0, 0.1) is 0 Å². The molecule has 1 spiro atoms. The van der Waals surface area contributed by atoms with Crippen molar-refractivity contribution < 1.29 is 0 Å². The molecule has 0 saturated heterocycles. The maximum Gasteiger partial charge on any atom is 0.0726 e. The van der Waals surface area contributed by atoms with Crippen LogP contribution in [0.2, 0.25) is 0 Å². The van der Waals surface area contributed by atoms with Crippen molar-refractivity contribution in [3.8, 4) is 33.4 Å². The van der Waals surface area contributed by atoms with Crippen LogP contribution in [0.1, 0.15) is 44.5 Å². The number of benzene rings is 12. The Bertz CT molecular complexity index is 4050. The van der Waals surface area contributed by atoms with E-state index in [1.165, 1.54) is 94.3 Å². The highest BCUT2D eigenvalue weighted by molar-refractivity contribution is 6.12. The smallest absolute Gasteiger partial charge is 0.0726 e. The first kappa shape index (κ1) is 42.2. The van der Waals surface area contributed by atoms with Gasteiger partial charge in [-0.2, -0.15) is 0 Å². The second-order valence-electron chi connectivity index (χ2n) is 19.9. The third-order valence-corrected chi connectivity index (χ3v) is 16.3. The summed E-state index contributed by atoms with van der Waals surface area (Å²) in [6, 6.07) is 108. The van der Waals surface area contributed by atoms with Gasteiger partial charge in [0.2, 0.25) is 0 Å². The van der Waals surface area contributed by atoms with E-state index < -0.39 is 10.8 Å². The molecular formula is C72H48N2. The van der Waals surface area contributed by atoms with Crippen molar-refractivity contribution in [3.05, 3.63) is 336 Å². The van der Waals surface area contributed by atoms with Crippen molar-refractivity contribution in [1.82, 2.24) is 0 Å². The lowest BCUT2D eigenvalue weighted by Crippen LogP contribution is -2.28. The van der Waals surface area contributed by atoms with E-state index in [1.54, 1.807) is 0 Å². The Morgan fingerprint density at radius 3 is 1.14 bits per heavy atom. The fraction of sp³-hybridized carbons (Fsp3) is 0.0278. The molecule has 0 N–H and O–H groups in total. The molecule has 0 heterocycles. The van der Waals surface area contributed by atoms with E-state index in [2.05, 4.69) is 301 Å². The van der Waals surface area contributed by atoms with E-state index in [9.17, 15) is 0 Å². The number of hydrogen-bond donors (Lipinski definition) is 0. The maximum atomic E-state index is 2.51. The maximum absolute atomic E-state index is 2.51. The quantitative estimate of drug-likeness (QED) is 0.150. The molecule has 1 unspecified atom stereocenters. The van der Waals surface area contributed by atoms with E-state index in [0.29, 0.717) is 0 Å². The average Bonchev–Trinajstić information content (AvgIpc) is 4.10. The van der Waals surface area contributed by atoms with Crippen LogP contribution in [-0.2, 0) is 10.8 Å². The summed E-state index contributed by atoms with van der Waals surface area (Å²) >= 11 is 0. The van der Waals surface area contributed by atoms with Gasteiger partial charge in [0.15, 0.2) is 0 Å². The molecular weight excluding hydrogens is 893 g/mol. The summed E-state index contributed by atoms with van der Waals surface area (Å²) in [7, 11) is 0. The molecule has 3 aliphatic rings. The molecule has 15 rings (SSSR count). The summed E-state index contributed by atoms with van der Waals surface area (Å²) in [5.74, 6) is 0. The lowest BCUT2D eigenvalue weighted by atomic mass is 9.68. The predicted molar refractivity (Wildman–Crippen MR) is 307 cm³/mol. The highest BCUT2D eigenvalue weighted by atomic mass is 15.2. The molecule has 346 valence electrons. The van der Waals surface area contributed by atoms with Gasteiger partial charge in [-0.1, -0.05) is 224 Å². The molecule has 2 nitrogen and oxygen atoms in total. The molecule has 0 radical (unpaired) electrons.